The number of halogens is 2. The van der Waals surface area contributed by atoms with Crippen LogP contribution in [0.5, 0.6) is 23.0 Å². The van der Waals surface area contributed by atoms with E-state index in [2.05, 4.69) is 15.5 Å². The molecule has 43 heavy (non-hydrogen) atoms. The summed E-state index contributed by atoms with van der Waals surface area (Å²) in [5.74, 6) is 0.437. The summed E-state index contributed by atoms with van der Waals surface area (Å²) in [6.45, 7) is 0. The second kappa shape index (κ2) is 12.9. The van der Waals surface area contributed by atoms with E-state index in [0.29, 0.717) is 38.6 Å². The molecular weight excluding hydrogens is 593 g/mol. The number of hydrogen-bond donors (Lipinski definition) is 2. The second-order valence-electron chi connectivity index (χ2n) is 9.08. The predicted octanol–water partition coefficient (Wildman–Crippen LogP) is 7.15. The molecule has 11 heteroatoms. The number of nitrogens with zero attached hydrogens (tertiary/aromatic N) is 1. The van der Waals surface area contributed by atoms with E-state index in [1.54, 1.807) is 50.6 Å². The fraction of sp³-hybridized carbons (Fsp3) is 0.0938. The van der Waals surface area contributed by atoms with Crippen LogP contribution in [0, 0.1) is 0 Å². The average molecular weight is 618 g/mol. The average Bonchev–Trinajstić information content (AvgIpc) is 3.42. The molecule has 5 rings (SSSR count). The number of amides is 1. The molecule has 0 radical (unpaired) electrons. The largest absolute Gasteiger partial charge is 0.496 e. The van der Waals surface area contributed by atoms with Gasteiger partial charge in [-0.05, 0) is 59.7 Å². The fourth-order valence-electron chi connectivity index (χ4n) is 4.53. The molecule has 0 saturated carbocycles. The van der Waals surface area contributed by atoms with Crippen molar-refractivity contribution < 1.29 is 28.5 Å². The highest BCUT2D eigenvalue weighted by atomic mass is 35.5. The number of rotatable bonds is 9. The third-order valence-electron chi connectivity index (χ3n) is 6.53. The molecule has 2 N–H and O–H groups in total. The molecule has 0 aliphatic heterocycles. The molecule has 0 fully saturated rings. The summed E-state index contributed by atoms with van der Waals surface area (Å²) < 4.78 is 22.1. The molecule has 0 aliphatic rings. The second-order valence-corrected chi connectivity index (χ2v) is 9.93. The minimum atomic E-state index is -0.672. The Labute approximate surface area is 256 Å². The van der Waals surface area contributed by atoms with Crippen LogP contribution >= 0.6 is 23.2 Å². The van der Waals surface area contributed by atoms with Gasteiger partial charge in [0.25, 0.3) is 5.91 Å². The fourth-order valence-corrected chi connectivity index (χ4v) is 5.02. The summed E-state index contributed by atoms with van der Waals surface area (Å²) in [6, 6.07) is 22.3. The normalized spacial score (nSPS) is 11.0. The highest BCUT2D eigenvalue weighted by molar-refractivity contribution is 6.36. The Morgan fingerprint density at radius 3 is 2.21 bits per heavy atom. The van der Waals surface area contributed by atoms with Gasteiger partial charge in [-0.1, -0.05) is 53.5 Å². The maximum atomic E-state index is 13.4. The molecule has 218 valence electrons. The molecule has 0 bridgehead atoms. The van der Waals surface area contributed by atoms with Gasteiger partial charge in [0.15, 0.2) is 11.5 Å². The quantitative estimate of drug-likeness (QED) is 0.0786. The van der Waals surface area contributed by atoms with Crippen molar-refractivity contribution in [2.24, 2.45) is 5.10 Å². The number of hydrazone groups is 1. The van der Waals surface area contributed by atoms with Gasteiger partial charge < -0.3 is 23.9 Å². The lowest BCUT2D eigenvalue weighted by Crippen LogP contribution is -2.19. The Bertz CT molecular complexity index is 1850. The van der Waals surface area contributed by atoms with Crippen LogP contribution in [0.25, 0.3) is 22.0 Å². The van der Waals surface area contributed by atoms with Crippen molar-refractivity contribution in [1.29, 1.82) is 0 Å². The molecule has 1 aromatic heterocycles. The standard InChI is InChI=1S/C32H25Cl2N3O6/c1-40-24-13-14-25(41-2)29-28(24)27(19-7-5-4-6-8-19)30(36-29)31(38)37-35-17-18-9-12-23(26(15-18)42-3)43-32(39)21-11-10-20(33)16-22(21)34/h4-17,36H,1-3H3,(H,37,38). The van der Waals surface area contributed by atoms with Gasteiger partial charge in [0.05, 0.1) is 49.0 Å². The summed E-state index contributed by atoms with van der Waals surface area (Å²) in [7, 11) is 4.57. The molecule has 0 saturated heterocycles. The first kappa shape index (κ1) is 29.5. The maximum Gasteiger partial charge on any atom is 0.345 e. The highest BCUT2D eigenvalue weighted by Crippen LogP contribution is 2.42. The Hall–Kier alpha value is -4.99. The topological polar surface area (TPSA) is 111 Å². The molecule has 1 heterocycles. The minimum Gasteiger partial charge on any atom is -0.496 e. The number of ether oxygens (including phenoxy) is 4. The lowest BCUT2D eigenvalue weighted by atomic mass is 10.0. The number of aromatic amines is 1. The minimum absolute atomic E-state index is 0.156. The highest BCUT2D eigenvalue weighted by Gasteiger charge is 2.24. The van der Waals surface area contributed by atoms with Gasteiger partial charge in [0.1, 0.15) is 17.2 Å². The van der Waals surface area contributed by atoms with Gasteiger partial charge in [-0.15, -0.1) is 0 Å². The number of carbonyl (C=O) groups is 2. The van der Waals surface area contributed by atoms with Crippen LogP contribution in [0.4, 0.5) is 0 Å². The number of H-pyrrole nitrogens is 1. The van der Waals surface area contributed by atoms with Crippen molar-refractivity contribution in [1.82, 2.24) is 10.4 Å². The smallest absolute Gasteiger partial charge is 0.345 e. The van der Waals surface area contributed by atoms with Crippen molar-refractivity contribution in [3.05, 3.63) is 106 Å². The first-order valence-corrected chi connectivity index (χ1v) is 13.6. The van der Waals surface area contributed by atoms with E-state index in [1.165, 1.54) is 25.5 Å². The number of benzene rings is 4. The monoisotopic (exact) mass is 617 g/mol. The third kappa shape index (κ3) is 6.13. The zero-order valence-electron chi connectivity index (χ0n) is 23.2. The van der Waals surface area contributed by atoms with Gasteiger partial charge >= 0.3 is 5.97 Å². The van der Waals surface area contributed by atoms with Crippen LogP contribution in [0.2, 0.25) is 10.0 Å². The predicted molar refractivity (Wildman–Crippen MR) is 166 cm³/mol. The first-order chi connectivity index (χ1) is 20.8. The summed E-state index contributed by atoms with van der Waals surface area (Å²) in [6.07, 6.45) is 1.44. The summed E-state index contributed by atoms with van der Waals surface area (Å²) >= 11 is 12.0. The van der Waals surface area contributed by atoms with E-state index in [1.807, 2.05) is 30.3 Å². The summed E-state index contributed by atoms with van der Waals surface area (Å²) in [4.78, 5) is 29.3. The first-order valence-electron chi connectivity index (χ1n) is 12.8. The number of aromatic nitrogens is 1. The van der Waals surface area contributed by atoms with Crippen molar-refractivity contribution in [2.45, 2.75) is 0 Å². The van der Waals surface area contributed by atoms with Crippen molar-refractivity contribution in [3.8, 4) is 34.1 Å². The number of fused-ring (bicyclic) bond motifs is 1. The zero-order chi connectivity index (χ0) is 30.5. The molecule has 0 unspecified atom stereocenters. The lowest BCUT2D eigenvalue weighted by molar-refractivity contribution is 0.0729. The number of carbonyl (C=O) groups excluding carboxylic acids is 2. The summed E-state index contributed by atoms with van der Waals surface area (Å²) in [5.41, 5.74) is 5.66. The van der Waals surface area contributed by atoms with Gasteiger partial charge in [-0.25, -0.2) is 10.2 Å². The molecule has 0 spiro atoms. The molecular formula is C32H25Cl2N3O6. The molecule has 1 amide bonds. The number of hydrogen-bond acceptors (Lipinski definition) is 7. The Kier molecular flexibility index (Phi) is 8.85. The van der Waals surface area contributed by atoms with Crippen molar-refractivity contribution in [2.75, 3.05) is 21.3 Å². The van der Waals surface area contributed by atoms with Crippen molar-refractivity contribution >= 4 is 52.2 Å². The van der Waals surface area contributed by atoms with E-state index in [4.69, 9.17) is 42.1 Å². The van der Waals surface area contributed by atoms with Crippen LogP contribution in [0.1, 0.15) is 26.4 Å². The Balaban J connectivity index is 1.40. The molecule has 4 aromatic carbocycles. The van der Waals surface area contributed by atoms with Crippen LogP contribution in [-0.4, -0.2) is 44.4 Å². The molecule has 0 aliphatic carbocycles. The third-order valence-corrected chi connectivity index (χ3v) is 7.08. The molecule has 5 aromatic rings. The summed E-state index contributed by atoms with van der Waals surface area (Å²) in [5, 5.41) is 5.41. The van der Waals surface area contributed by atoms with Gasteiger partial charge in [-0.2, -0.15) is 5.10 Å². The van der Waals surface area contributed by atoms with Gasteiger partial charge in [-0.3, -0.25) is 4.79 Å². The maximum absolute atomic E-state index is 13.4. The SMILES string of the molecule is COc1cc(C=NNC(=O)c2[nH]c3c(OC)ccc(OC)c3c2-c2ccccc2)ccc1OC(=O)c1ccc(Cl)cc1Cl. The zero-order valence-corrected chi connectivity index (χ0v) is 24.7. The molecule has 9 nitrogen and oxygen atoms in total. The van der Waals surface area contributed by atoms with Crippen LogP contribution in [0.15, 0.2) is 84.0 Å². The van der Waals surface area contributed by atoms with Crippen LogP contribution in [0.3, 0.4) is 0 Å². The molecule has 0 atom stereocenters. The van der Waals surface area contributed by atoms with E-state index >= 15 is 0 Å². The Morgan fingerprint density at radius 1 is 0.814 bits per heavy atom. The number of nitrogens with one attached hydrogen (secondary N) is 2. The van der Waals surface area contributed by atoms with Gasteiger partial charge in [0, 0.05) is 10.6 Å². The number of methoxy groups -OCH3 is 3. The van der Waals surface area contributed by atoms with Crippen LogP contribution < -0.4 is 24.4 Å². The van der Waals surface area contributed by atoms with Gasteiger partial charge in [0.2, 0.25) is 0 Å². The van der Waals surface area contributed by atoms with E-state index < -0.39 is 11.9 Å². The number of esters is 1. The van der Waals surface area contributed by atoms with Crippen LogP contribution in [-0.2, 0) is 0 Å². The Morgan fingerprint density at radius 2 is 1.51 bits per heavy atom. The lowest BCUT2D eigenvalue weighted by Gasteiger charge is -2.11. The van der Waals surface area contributed by atoms with E-state index in [9.17, 15) is 9.59 Å². The van der Waals surface area contributed by atoms with E-state index in [-0.39, 0.29) is 27.8 Å². The van der Waals surface area contributed by atoms with Crippen molar-refractivity contribution in [3.63, 3.8) is 0 Å². The van der Waals surface area contributed by atoms with E-state index in [0.717, 1.165) is 5.56 Å².